The van der Waals surface area contributed by atoms with Gasteiger partial charge in [0.2, 0.25) is 0 Å². The maximum atomic E-state index is 4.34. The minimum absolute atomic E-state index is 0.781. The van der Waals surface area contributed by atoms with E-state index in [-0.39, 0.29) is 0 Å². The van der Waals surface area contributed by atoms with Crippen LogP contribution in [0.5, 0.6) is 0 Å². The largest absolute Gasteiger partial charge is 0.371 e. The molecule has 1 fully saturated rings. The highest BCUT2D eigenvalue weighted by Crippen LogP contribution is 2.23. The molecule has 1 aliphatic rings. The molecule has 1 atom stereocenters. The molecule has 1 saturated heterocycles. The summed E-state index contributed by atoms with van der Waals surface area (Å²) in [6, 6.07) is 10.6. The lowest BCUT2D eigenvalue weighted by Crippen LogP contribution is -2.19. The van der Waals surface area contributed by atoms with Gasteiger partial charge in [-0.05, 0) is 30.2 Å². The quantitative estimate of drug-likeness (QED) is 0.706. The Labute approximate surface area is 85.2 Å². The SMILES string of the molecule is SCC1CCN(c2ccccc2)C1. The molecule has 0 radical (unpaired) electrons. The summed E-state index contributed by atoms with van der Waals surface area (Å²) in [5.41, 5.74) is 1.35. The van der Waals surface area contributed by atoms with E-state index in [4.69, 9.17) is 0 Å². The van der Waals surface area contributed by atoms with Gasteiger partial charge in [0.05, 0.1) is 0 Å². The van der Waals surface area contributed by atoms with Gasteiger partial charge in [-0.2, -0.15) is 12.6 Å². The third-order valence-electron chi connectivity index (χ3n) is 2.67. The fourth-order valence-electron chi connectivity index (χ4n) is 1.86. The maximum Gasteiger partial charge on any atom is 0.0366 e. The Kier molecular flexibility index (Phi) is 2.79. The Morgan fingerprint density at radius 2 is 2.08 bits per heavy atom. The summed E-state index contributed by atoms with van der Waals surface area (Å²) in [7, 11) is 0. The minimum atomic E-state index is 0.781. The van der Waals surface area contributed by atoms with Crippen LogP contribution >= 0.6 is 12.6 Å². The molecule has 70 valence electrons. The highest BCUT2D eigenvalue weighted by molar-refractivity contribution is 7.80. The average molecular weight is 193 g/mol. The standard InChI is InChI=1S/C11H15NS/c13-9-10-6-7-12(8-10)11-4-2-1-3-5-11/h1-5,10,13H,6-9H2. The first-order chi connectivity index (χ1) is 6.40. The minimum Gasteiger partial charge on any atom is -0.371 e. The van der Waals surface area contributed by atoms with E-state index in [1.165, 1.54) is 25.2 Å². The third-order valence-corrected chi connectivity index (χ3v) is 3.18. The van der Waals surface area contributed by atoms with Gasteiger partial charge in [-0.3, -0.25) is 0 Å². The van der Waals surface area contributed by atoms with Crippen molar-refractivity contribution in [2.45, 2.75) is 6.42 Å². The number of rotatable bonds is 2. The molecule has 13 heavy (non-hydrogen) atoms. The van der Waals surface area contributed by atoms with E-state index in [0.29, 0.717) is 0 Å². The second kappa shape index (κ2) is 4.05. The highest BCUT2D eigenvalue weighted by atomic mass is 32.1. The van der Waals surface area contributed by atoms with Gasteiger partial charge < -0.3 is 4.90 Å². The Morgan fingerprint density at radius 1 is 1.31 bits per heavy atom. The van der Waals surface area contributed by atoms with E-state index in [1.54, 1.807) is 0 Å². The number of hydrogen-bond donors (Lipinski definition) is 1. The summed E-state index contributed by atoms with van der Waals surface area (Å²) in [5.74, 6) is 1.80. The van der Waals surface area contributed by atoms with Gasteiger partial charge in [-0.25, -0.2) is 0 Å². The predicted octanol–water partition coefficient (Wildman–Crippen LogP) is 2.44. The van der Waals surface area contributed by atoms with Crippen LogP contribution in [0.1, 0.15) is 6.42 Å². The number of hydrogen-bond acceptors (Lipinski definition) is 2. The lowest BCUT2D eigenvalue weighted by molar-refractivity contribution is 0.673. The first-order valence-corrected chi connectivity index (χ1v) is 5.44. The van der Waals surface area contributed by atoms with Crippen molar-refractivity contribution in [3.05, 3.63) is 30.3 Å². The van der Waals surface area contributed by atoms with Crippen molar-refractivity contribution in [1.82, 2.24) is 0 Å². The summed E-state index contributed by atoms with van der Waals surface area (Å²) < 4.78 is 0. The van der Waals surface area contributed by atoms with E-state index >= 15 is 0 Å². The van der Waals surface area contributed by atoms with Crippen molar-refractivity contribution in [3.8, 4) is 0 Å². The van der Waals surface area contributed by atoms with Crippen LogP contribution in [0.4, 0.5) is 5.69 Å². The molecule has 0 aliphatic carbocycles. The molecule has 1 nitrogen and oxygen atoms in total. The van der Waals surface area contributed by atoms with Crippen molar-refractivity contribution in [2.75, 3.05) is 23.7 Å². The maximum absolute atomic E-state index is 4.34. The van der Waals surface area contributed by atoms with Crippen molar-refractivity contribution in [2.24, 2.45) is 5.92 Å². The summed E-state index contributed by atoms with van der Waals surface area (Å²) in [6.07, 6.45) is 1.29. The molecule has 1 unspecified atom stereocenters. The number of thiol groups is 1. The number of nitrogens with zero attached hydrogens (tertiary/aromatic N) is 1. The van der Waals surface area contributed by atoms with Gasteiger partial charge in [0.25, 0.3) is 0 Å². The molecule has 0 spiro atoms. The molecule has 1 aliphatic heterocycles. The lowest BCUT2D eigenvalue weighted by Gasteiger charge is -2.17. The predicted molar refractivity (Wildman–Crippen MR) is 60.6 cm³/mol. The molecule has 1 aromatic carbocycles. The number of anilines is 1. The van der Waals surface area contributed by atoms with Gasteiger partial charge in [0.1, 0.15) is 0 Å². The van der Waals surface area contributed by atoms with Crippen molar-refractivity contribution in [1.29, 1.82) is 0 Å². The molecule has 0 N–H and O–H groups in total. The second-order valence-electron chi connectivity index (χ2n) is 3.62. The van der Waals surface area contributed by atoms with Crippen LogP contribution in [0.3, 0.4) is 0 Å². The zero-order valence-electron chi connectivity index (χ0n) is 7.69. The molecule has 1 heterocycles. The lowest BCUT2D eigenvalue weighted by atomic mass is 10.2. The Hall–Kier alpha value is -0.630. The second-order valence-corrected chi connectivity index (χ2v) is 3.98. The van der Waals surface area contributed by atoms with E-state index in [9.17, 15) is 0 Å². The molecule has 0 amide bonds. The van der Waals surface area contributed by atoms with Crippen LogP contribution < -0.4 is 4.90 Å². The molecular formula is C11H15NS. The third kappa shape index (κ3) is 1.99. The molecule has 0 aromatic heterocycles. The number of benzene rings is 1. The smallest absolute Gasteiger partial charge is 0.0366 e. The monoisotopic (exact) mass is 193 g/mol. The van der Waals surface area contributed by atoms with Crippen molar-refractivity contribution >= 4 is 18.3 Å². The molecule has 2 rings (SSSR count). The molecule has 0 saturated carbocycles. The normalized spacial score (nSPS) is 22.2. The summed E-state index contributed by atoms with van der Waals surface area (Å²) in [5, 5.41) is 0. The van der Waals surface area contributed by atoms with Gasteiger partial charge in [0, 0.05) is 18.8 Å². The Bertz CT molecular complexity index is 260. The molecule has 0 bridgehead atoms. The summed E-state index contributed by atoms with van der Waals surface area (Å²) in [6.45, 7) is 2.36. The first kappa shape index (κ1) is 8.95. The summed E-state index contributed by atoms with van der Waals surface area (Å²) in [4.78, 5) is 2.45. The van der Waals surface area contributed by atoms with E-state index in [0.717, 1.165) is 11.7 Å². The van der Waals surface area contributed by atoms with E-state index in [1.807, 2.05) is 0 Å². The zero-order valence-corrected chi connectivity index (χ0v) is 8.58. The van der Waals surface area contributed by atoms with Gasteiger partial charge in [-0.15, -0.1) is 0 Å². The van der Waals surface area contributed by atoms with Crippen LogP contribution in [0, 0.1) is 5.92 Å². The number of para-hydroxylation sites is 1. The van der Waals surface area contributed by atoms with Gasteiger partial charge >= 0.3 is 0 Å². The van der Waals surface area contributed by atoms with E-state index < -0.39 is 0 Å². The van der Waals surface area contributed by atoms with Crippen LogP contribution in [0.25, 0.3) is 0 Å². The fraction of sp³-hybridized carbons (Fsp3) is 0.455. The Balaban J connectivity index is 2.04. The zero-order chi connectivity index (χ0) is 9.10. The van der Waals surface area contributed by atoms with Crippen LogP contribution in [0.2, 0.25) is 0 Å². The van der Waals surface area contributed by atoms with Gasteiger partial charge in [0.15, 0.2) is 0 Å². The molecule has 2 heteroatoms. The van der Waals surface area contributed by atoms with Gasteiger partial charge in [-0.1, -0.05) is 18.2 Å². The highest BCUT2D eigenvalue weighted by Gasteiger charge is 2.20. The summed E-state index contributed by atoms with van der Waals surface area (Å²) >= 11 is 4.34. The Morgan fingerprint density at radius 3 is 2.69 bits per heavy atom. The van der Waals surface area contributed by atoms with E-state index in [2.05, 4.69) is 47.9 Å². The van der Waals surface area contributed by atoms with Crippen LogP contribution in [0.15, 0.2) is 30.3 Å². The van der Waals surface area contributed by atoms with Crippen LogP contribution in [-0.2, 0) is 0 Å². The average Bonchev–Trinajstić information content (AvgIpc) is 2.67. The van der Waals surface area contributed by atoms with Crippen molar-refractivity contribution < 1.29 is 0 Å². The first-order valence-electron chi connectivity index (χ1n) is 4.81. The van der Waals surface area contributed by atoms with Crippen LogP contribution in [-0.4, -0.2) is 18.8 Å². The molecule has 1 aromatic rings. The topological polar surface area (TPSA) is 3.24 Å². The molecular weight excluding hydrogens is 178 g/mol. The fourth-order valence-corrected chi connectivity index (χ4v) is 2.15. The van der Waals surface area contributed by atoms with Crippen molar-refractivity contribution in [3.63, 3.8) is 0 Å².